The Balaban J connectivity index is 1.11. The second-order valence-electron chi connectivity index (χ2n) is 13.3. The standard InChI is InChI=1S/C49H31N5S/c1-4-14-32(15-5-1)34-26-28-35(29-27-34)43-45-44(41-24-10-11-25-42(41)55-45)51-47(50-43)39-22-13-23-40(31-39)49-53-46(36-18-8-3-9-19-36)52-48(54-49)38-21-12-20-37(30-38)33-16-6-2-7-17-33/h1-31H. The first kappa shape index (κ1) is 32.5. The van der Waals surface area contributed by atoms with Gasteiger partial charge in [0.15, 0.2) is 23.3 Å². The summed E-state index contributed by atoms with van der Waals surface area (Å²) in [5.41, 5.74) is 11.1. The minimum atomic E-state index is 0.578. The molecule has 0 saturated heterocycles. The number of thiophene rings is 1. The van der Waals surface area contributed by atoms with Crippen LogP contribution in [0.25, 0.3) is 99.4 Å². The average Bonchev–Trinajstić information content (AvgIpc) is 3.66. The van der Waals surface area contributed by atoms with Gasteiger partial charge in [-0.05, 0) is 40.5 Å². The molecule has 0 fully saturated rings. The van der Waals surface area contributed by atoms with Crippen LogP contribution in [0.2, 0.25) is 0 Å². The number of benzene rings is 7. The van der Waals surface area contributed by atoms with Gasteiger partial charge in [-0.1, -0.05) is 170 Å². The highest BCUT2D eigenvalue weighted by atomic mass is 32.1. The molecule has 0 unspecified atom stereocenters. The number of fused-ring (bicyclic) bond motifs is 3. The zero-order chi connectivity index (χ0) is 36.6. The van der Waals surface area contributed by atoms with Crippen molar-refractivity contribution in [3.05, 3.63) is 188 Å². The van der Waals surface area contributed by atoms with E-state index in [0.717, 1.165) is 65.8 Å². The lowest BCUT2D eigenvalue weighted by Crippen LogP contribution is -2.00. The molecule has 0 aliphatic rings. The van der Waals surface area contributed by atoms with Crippen molar-refractivity contribution in [2.24, 2.45) is 0 Å². The highest BCUT2D eigenvalue weighted by molar-refractivity contribution is 7.26. The third-order valence-electron chi connectivity index (χ3n) is 9.76. The molecule has 5 nitrogen and oxygen atoms in total. The summed E-state index contributed by atoms with van der Waals surface area (Å²) >= 11 is 1.73. The summed E-state index contributed by atoms with van der Waals surface area (Å²) in [4.78, 5) is 25.6. The van der Waals surface area contributed by atoms with Crippen molar-refractivity contribution in [2.75, 3.05) is 0 Å². The molecular formula is C49H31N5S. The molecule has 0 aliphatic heterocycles. The lowest BCUT2D eigenvalue weighted by Gasteiger charge is -2.11. The molecule has 7 aromatic carbocycles. The minimum absolute atomic E-state index is 0.578. The van der Waals surface area contributed by atoms with Crippen molar-refractivity contribution in [3.63, 3.8) is 0 Å². The zero-order valence-corrected chi connectivity index (χ0v) is 30.4. The summed E-state index contributed by atoms with van der Waals surface area (Å²) in [5.74, 6) is 2.44. The van der Waals surface area contributed by atoms with Crippen LogP contribution in [0.3, 0.4) is 0 Å². The van der Waals surface area contributed by atoms with Gasteiger partial charge in [0, 0.05) is 37.9 Å². The molecular weight excluding hydrogens is 691 g/mol. The first-order valence-corrected chi connectivity index (χ1v) is 19.0. The Morgan fingerprint density at radius 1 is 0.291 bits per heavy atom. The van der Waals surface area contributed by atoms with Gasteiger partial charge in [0.05, 0.1) is 15.9 Å². The van der Waals surface area contributed by atoms with Crippen LogP contribution in [-0.4, -0.2) is 24.9 Å². The molecule has 0 aliphatic carbocycles. The van der Waals surface area contributed by atoms with Crippen LogP contribution in [0.1, 0.15) is 0 Å². The molecule has 0 atom stereocenters. The summed E-state index contributed by atoms with van der Waals surface area (Å²) in [5, 5.41) is 1.12. The predicted octanol–water partition coefficient (Wildman–Crippen LogP) is 12.7. The van der Waals surface area contributed by atoms with Crippen molar-refractivity contribution < 1.29 is 0 Å². The minimum Gasteiger partial charge on any atom is -0.226 e. The van der Waals surface area contributed by atoms with Crippen LogP contribution in [-0.2, 0) is 0 Å². The SMILES string of the molecule is c1ccc(-c2ccc(-c3nc(-c4cccc(-c5nc(-c6ccccc6)nc(-c6cccc(-c7ccccc7)c6)n5)c4)nc4c3sc3ccccc34)cc2)cc1. The monoisotopic (exact) mass is 721 g/mol. The Hall–Kier alpha value is -7.15. The summed E-state index contributed by atoms with van der Waals surface area (Å²) in [6.45, 7) is 0. The van der Waals surface area contributed by atoms with E-state index in [1.807, 2.05) is 54.6 Å². The fourth-order valence-electron chi connectivity index (χ4n) is 6.98. The Kier molecular flexibility index (Phi) is 8.28. The Bertz CT molecular complexity index is 2960. The van der Waals surface area contributed by atoms with Gasteiger partial charge in [0.25, 0.3) is 0 Å². The first-order valence-electron chi connectivity index (χ1n) is 18.2. The maximum absolute atomic E-state index is 5.29. The van der Waals surface area contributed by atoms with E-state index in [-0.39, 0.29) is 0 Å². The molecule has 6 heteroatoms. The largest absolute Gasteiger partial charge is 0.226 e. The summed E-state index contributed by atoms with van der Waals surface area (Å²) in [6, 6.07) is 64.6. The second-order valence-corrected chi connectivity index (χ2v) is 14.4. The van der Waals surface area contributed by atoms with Gasteiger partial charge in [-0.25, -0.2) is 24.9 Å². The lowest BCUT2D eigenvalue weighted by atomic mass is 10.0. The Labute approximate surface area is 322 Å². The van der Waals surface area contributed by atoms with Crippen molar-refractivity contribution >= 4 is 31.6 Å². The zero-order valence-electron chi connectivity index (χ0n) is 29.5. The highest BCUT2D eigenvalue weighted by Crippen LogP contribution is 2.40. The highest BCUT2D eigenvalue weighted by Gasteiger charge is 2.18. The molecule has 3 aromatic heterocycles. The van der Waals surface area contributed by atoms with Crippen LogP contribution < -0.4 is 0 Å². The van der Waals surface area contributed by atoms with Gasteiger partial charge >= 0.3 is 0 Å². The third-order valence-corrected chi connectivity index (χ3v) is 10.9. The smallest absolute Gasteiger partial charge is 0.164 e. The van der Waals surface area contributed by atoms with Gasteiger partial charge < -0.3 is 0 Å². The van der Waals surface area contributed by atoms with Gasteiger partial charge in [0.1, 0.15) is 0 Å². The quantitative estimate of drug-likeness (QED) is 0.164. The fourth-order valence-corrected chi connectivity index (χ4v) is 8.14. The van der Waals surface area contributed by atoms with E-state index in [9.17, 15) is 0 Å². The van der Waals surface area contributed by atoms with Crippen molar-refractivity contribution in [1.29, 1.82) is 0 Å². The van der Waals surface area contributed by atoms with Crippen LogP contribution in [0, 0.1) is 0 Å². The summed E-state index contributed by atoms with van der Waals surface area (Å²) in [6.07, 6.45) is 0. The number of hydrogen-bond donors (Lipinski definition) is 0. The van der Waals surface area contributed by atoms with Crippen molar-refractivity contribution in [1.82, 2.24) is 24.9 Å². The topological polar surface area (TPSA) is 64.5 Å². The molecule has 0 radical (unpaired) electrons. The molecule has 10 rings (SSSR count). The van der Waals surface area contributed by atoms with E-state index in [2.05, 4.69) is 133 Å². The molecule has 0 saturated carbocycles. The fraction of sp³-hybridized carbons (Fsp3) is 0. The molecule has 0 N–H and O–H groups in total. The predicted molar refractivity (Wildman–Crippen MR) is 226 cm³/mol. The van der Waals surface area contributed by atoms with Crippen LogP contribution in [0.4, 0.5) is 0 Å². The molecule has 10 aromatic rings. The third kappa shape index (κ3) is 6.35. The van der Waals surface area contributed by atoms with E-state index < -0.39 is 0 Å². The van der Waals surface area contributed by atoms with E-state index in [1.165, 1.54) is 10.3 Å². The maximum Gasteiger partial charge on any atom is 0.164 e. The van der Waals surface area contributed by atoms with E-state index >= 15 is 0 Å². The van der Waals surface area contributed by atoms with E-state index in [0.29, 0.717) is 23.3 Å². The van der Waals surface area contributed by atoms with Gasteiger partial charge in [-0.15, -0.1) is 11.3 Å². The normalized spacial score (nSPS) is 11.3. The molecule has 0 bridgehead atoms. The molecule has 258 valence electrons. The molecule has 0 spiro atoms. The van der Waals surface area contributed by atoms with Crippen LogP contribution in [0.5, 0.6) is 0 Å². The van der Waals surface area contributed by atoms with Crippen LogP contribution >= 0.6 is 11.3 Å². The number of hydrogen-bond acceptors (Lipinski definition) is 6. The lowest BCUT2D eigenvalue weighted by molar-refractivity contribution is 1.07. The van der Waals surface area contributed by atoms with Crippen LogP contribution in [0.15, 0.2) is 188 Å². The van der Waals surface area contributed by atoms with Crippen molar-refractivity contribution in [3.8, 4) is 79.1 Å². The van der Waals surface area contributed by atoms with Gasteiger partial charge in [-0.2, -0.15) is 0 Å². The summed E-state index contributed by atoms with van der Waals surface area (Å²) < 4.78 is 2.25. The average molecular weight is 722 g/mol. The Morgan fingerprint density at radius 2 is 0.709 bits per heavy atom. The van der Waals surface area contributed by atoms with E-state index in [4.69, 9.17) is 24.9 Å². The maximum atomic E-state index is 5.29. The van der Waals surface area contributed by atoms with Gasteiger partial charge in [0.2, 0.25) is 0 Å². The molecule has 3 heterocycles. The number of rotatable bonds is 7. The van der Waals surface area contributed by atoms with E-state index in [1.54, 1.807) is 11.3 Å². The summed E-state index contributed by atoms with van der Waals surface area (Å²) in [7, 11) is 0. The number of nitrogens with zero attached hydrogens (tertiary/aromatic N) is 5. The Morgan fingerprint density at radius 3 is 1.33 bits per heavy atom. The molecule has 0 amide bonds. The van der Waals surface area contributed by atoms with Crippen molar-refractivity contribution in [2.45, 2.75) is 0 Å². The van der Waals surface area contributed by atoms with Gasteiger partial charge in [-0.3, -0.25) is 0 Å². The molecule has 55 heavy (non-hydrogen) atoms. The first-order chi connectivity index (χ1) is 27.2. The number of aromatic nitrogens is 5. The second kappa shape index (κ2) is 14.0.